The quantitative estimate of drug-likeness (QED) is 0.326. The van der Waals surface area contributed by atoms with Crippen LogP contribution in [0.3, 0.4) is 0 Å². The van der Waals surface area contributed by atoms with Crippen molar-refractivity contribution in [2.75, 3.05) is 39.8 Å². The number of halogens is 1. The van der Waals surface area contributed by atoms with E-state index in [4.69, 9.17) is 4.74 Å². The van der Waals surface area contributed by atoms with Crippen molar-refractivity contribution in [2.24, 2.45) is 10.9 Å². The summed E-state index contributed by atoms with van der Waals surface area (Å²) in [6.07, 6.45) is 3.94. The van der Waals surface area contributed by atoms with E-state index in [1.54, 1.807) is 0 Å². The molecule has 1 saturated heterocycles. The molecule has 0 radical (unpaired) electrons. The van der Waals surface area contributed by atoms with E-state index in [1.807, 2.05) is 7.05 Å². The van der Waals surface area contributed by atoms with Crippen molar-refractivity contribution >= 4 is 29.9 Å². The molecule has 2 atom stereocenters. The second-order valence-electron chi connectivity index (χ2n) is 8.15. The molecule has 3 rings (SSSR count). The number of ether oxygens (including phenoxy) is 1. The van der Waals surface area contributed by atoms with Crippen LogP contribution in [0, 0.1) is 5.92 Å². The molecule has 0 spiro atoms. The van der Waals surface area contributed by atoms with Gasteiger partial charge in [0.2, 0.25) is 0 Å². The minimum absolute atomic E-state index is 0. The Morgan fingerprint density at radius 3 is 2.57 bits per heavy atom. The van der Waals surface area contributed by atoms with Crippen LogP contribution in [0.2, 0.25) is 0 Å². The first-order valence-corrected chi connectivity index (χ1v) is 10.5. The summed E-state index contributed by atoms with van der Waals surface area (Å²) in [5.74, 6) is 2.40. The highest BCUT2D eigenvalue weighted by molar-refractivity contribution is 14.0. The van der Waals surface area contributed by atoms with Gasteiger partial charge in [0.05, 0.1) is 12.7 Å². The van der Waals surface area contributed by atoms with Crippen molar-refractivity contribution in [3.8, 4) is 0 Å². The van der Waals surface area contributed by atoms with E-state index in [0.29, 0.717) is 18.1 Å². The van der Waals surface area contributed by atoms with Crippen LogP contribution >= 0.6 is 24.0 Å². The fourth-order valence-electron chi connectivity index (χ4n) is 3.92. The van der Waals surface area contributed by atoms with E-state index in [9.17, 15) is 0 Å². The molecule has 1 heterocycles. The second-order valence-corrected chi connectivity index (χ2v) is 8.15. The van der Waals surface area contributed by atoms with E-state index in [2.05, 4.69) is 64.7 Å². The zero-order chi connectivity index (χ0) is 19.1. The standard InChI is InChI=1S/C22H36N4O.HI/c1-17(2)27-14-13-26-11-9-20(10-12-26)25-22(23-3)24-16-19-15-21(19)18-7-5-4-6-8-18;/h4-8,17,19-21H,9-16H2,1-3H3,(H2,23,24,25);1H. The number of piperidine rings is 1. The molecule has 28 heavy (non-hydrogen) atoms. The average molecular weight is 500 g/mol. The molecule has 1 aliphatic carbocycles. The Morgan fingerprint density at radius 2 is 1.93 bits per heavy atom. The number of nitrogens with one attached hydrogen (secondary N) is 2. The van der Waals surface area contributed by atoms with Crippen LogP contribution in [0.1, 0.15) is 44.6 Å². The van der Waals surface area contributed by atoms with Crippen LogP contribution in [0.5, 0.6) is 0 Å². The summed E-state index contributed by atoms with van der Waals surface area (Å²) in [6, 6.07) is 11.4. The van der Waals surface area contributed by atoms with Crippen LogP contribution in [0.15, 0.2) is 35.3 Å². The Balaban J connectivity index is 0.00000280. The molecular weight excluding hydrogens is 463 g/mol. The van der Waals surface area contributed by atoms with E-state index in [-0.39, 0.29) is 24.0 Å². The molecule has 2 fully saturated rings. The van der Waals surface area contributed by atoms with Crippen LogP contribution in [-0.2, 0) is 4.74 Å². The number of rotatable bonds is 8. The lowest BCUT2D eigenvalue weighted by Gasteiger charge is -2.33. The predicted molar refractivity (Wildman–Crippen MR) is 128 cm³/mol. The molecule has 2 N–H and O–H groups in total. The molecule has 5 nitrogen and oxygen atoms in total. The maximum atomic E-state index is 5.67. The Bertz CT molecular complexity index is 587. The molecule has 1 aromatic rings. The first kappa shape index (κ1) is 23.4. The molecule has 1 saturated carbocycles. The van der Waals surface area contributed by atoms with Crippen molar-refractivity contribution < 1.29 is 4.74 Å². The lowest BCUT2D eigenvalue weighted by molar-refractivity contribution is 0.0532. The van der Waals surface area contributed by atoms with Gasteiger partial charge in [-0.1, -0.05) is 30.3 Å². The Labute approximate surface area is 187 Å². The van der Waals surface area contributed by atoms with Gasteiger partial charge in [-0.3, -0.25) is 4.99 Å². The number of hydrogen-bond acceptors (Lipinski definition) is 3. The zero-order valence-corrected chi connectivity index (χ0v) is 19.9. The van der Waals surface area contributed by atoms with Gasteiger partial charge in [0.25, 0.3) is 0 Å². The second kappa shape index (κ2) is 12.0. The first-order chi connectivity index (χ1) is 13.2. The summed E-state index contributed by atoms with van der Waals surface area (Å²) < 4.78 is 5.67. The molecule has 1 aliphatic heterocycles. The monoisotopic (exact) mass is 500 g/mol. The number of likely N-dealkylation sites (tertiary alicyclic amines) is 1. The molecular formula is C22H37IN4O. The van der Waals surface area contributed by atoms with Crippen molar-refractivity contribution in [1.29, 1.82) is 0 Å². The van der Waals surface area contributed by atoms with E-state index < -0.39 is 0 Å². The summed E-state index contributed by atoms with van der Waals surface area (Å²) in [6.45, 7) is 9.34. The zero-order valence-electron chi connectivity index (χ0n) is 17.6. The highest BCUT2D eigenvalue weighted by atomic mass is 127. The van der Waals surface area contributed by atoms with Gasteiger partial charge in [0.15, 0.2) is 5.96 Å². The van der Waals surface area contributed by atoms with Gasteiger partial charge >= 0.3 is 0 Å². The summed E-state index contributed by atoms with van der Waals surface area (Å²) >= 11 is 0. The third-order valence-electron chi connectivity index (χ3n) is 5.69. The molecule has 1 aromatic carbocycles. The Morgan fingerprint density at radius 1 is 1.21 bits per heavy atom. The highest BCUT2D eigenvalue weighted by Crippen LogP contribution is 2.46. The van der Waals surface area contributed by atoms with Crippen molar-refractivity contribution in [2.45, 2.75) is 51.2 Å². The predicted octanol–water partition coefficient (Wildman–Crippen LogP) is 3.46. The maximum Gasteiger partial charge on any atom is 0.191 e. The number of nitrogens with zero attached hydrogens (tertiary/aromatic N) is 2. The van der Waals surface area contributed by atoms with Crippen LogP contribution < -0.4 is 10.6 Å². The SMILES string of the molecule is CN=C(NCC1CC1c1ccccc1)NC1CCN(CCOC(C)C)CC1.I. The van der Waals surface area contributed by atoms with Gasteiger partial charge in [-0.2, -0.15) is 0 Å². The summed E-state index contributed by atoms with van der Waals surface area (Å²) in [5, 5.41) is 7.16. The van der Waals surface area contributed by atoms with Crippen molar-refractivity contribution in [3.63, 3.8) is 0 Å². The van der Waals surface area contributed by atoms with E-state index in [0.717, 1.165) is 44.7 Å². The van der Waals surface area contributed by atoms with Crippen molar-refractivity contribution in [1.82, 2.24) is 15.5 Å². The summed E-state index contributed by atoms with van der Waals surface area (Å²) in [5.41, 5.74) is 1.47. The smallest absolute Gasteiger partial charge is 0.191 e. The maximum absolute atomic E-state index is 5.67. The fourth-order valence-corrected chi connectivity index (χ4v) is 3.92. The van der Waals surface area contributed by atoms with Gasteiger partial charge in [0.1, 0.15) is 0 Å². The third kappa shape index (κ3) is 7.52. The minimum Gasteiger partial charge on any atom is -0.377 e. The van der Waals surface area contributed by atoms with Crippen LogP contribution in [0.25, 0.3) is 0 Å². The summed E-state index contributed by atoms with van der Waals surface area (Å²) in [7, 11) is 1.87. The molecule has 158 valence electrons. The van der Waals surface area contributed by atoms with Crippen LogP contribution in [0.4, 0.5) is 0 Å². The lowest BCUT2D eigenvalue weighted by atomic mass is 10.1. The van der Waals surface area contributed by atoms with E-state index in [1.165, 1.54) is 24.8 Å². The van der Waals surface area contributed by atoms with E-state index >= 15 is 0 Å². The Kier molecular flexibility index (Phi) is 10.0. The topological polar surface area (TPSA) is 48.9 Å². The van der Waals surface area contributed by atoms with Gasteiger partial charge < -0.3 is 20.3 Å². The number of benzene rings is 1. The number of guanidine groups is 1. The molecule has 2 unspecified atom stereocenters. The normalized spacial score (nSPS) is 23.4. The van der Waals surface area contributed by atoms with Crippen molar-refractivity contribution in [3.05, 3.63) is 35.9 Å². The summed E-state index contributed by atoms with van der Waals surface area (Å²) in [4.78, 5) is 6.93. The highest BCUT2D eigenvalue weighted by Gasteiger charge is 2.37. The number of aliphatic imine (C=N–C) groups is 1. The minimum atomic E-state index is 0. The average Bonchev–Trinajstić information content (AvgIpc) is 3.46. The molecule has 0 aromatic heterocycles. The fraction of sp³-hybridized carbons (Fsp3) is 0.682. The van der Waals surface area contributed by atoms with Gasteiger partial charge in [-0.05, 0) is 50.5 Å². The molecule has 0 bridgehead atoms. The third-order valence-corrected chi connectivity index (χ3v) is 5.69. The largest absolute Gasteiger partial charge is 0.377 e. The van der Waals surface area contributed by atoms with Gasteiger partial charge in [-0.25, -0.2) is 0 Å². The molecule has 6 heteroatoms. The van der Waals surface area contributed by atoms with Gasteiger partial charge in [0, 0.05) is 39.3 Å². The number of hydrogen-bond donors (Lipinski definition) is 2. The first-order valence-electron chi connectivity index (χ1n) is 10.5. The van der Waals surface area contributed by atoms with Gasteiger partial charge in [-0.15, -0.1) is 24.0 Å². The molecule has 2 aliphatic rings. The van der Waals surface area contributed by atoms with Crippen LogP contribution in [-0.4, -0.2) is 62.8 Å². The Hall–Kier alpha value is -0.860. The lowest BCUT2D eigenvalue weighted by Crippen LogP contribution is -2.49. The molecule has 0 amide bonds.